The zero-order chi connectivity index (χ0) is 24.3. The van der Waals surface area contributed by atoms with Crippen LogP contribution in [0.2, 0.25) is 0 Å². The summed E-state index contributed by atoms with van der Waals surface area (Å²) in [5.74, 6) is -0.183. The van der Waals surface area contributed by atoms with Crippen LogP contribution in [0.15, 0.2) is 30.3 Å². The van der Waals surface area contributed by atoms with Crippen molar-refractivity contribution in [3.8, 4) is 0 Å². The topological polar surface area (TPSA) is 114 Å². The van der Waals surface area contributed by atoms with Crippen molar-refractivity contribution in [3.63, 3.8) is 0 Å². The summed E-state index contributed by atoms with van der Waals surface area (Å²) in [5, 5.41) is 5.61. The van der Waals surface area contributed by atoms with E-state index in [4.69, 9.17) is 9.47 Å². The van der Waals surface area contributed by atoms with Gasteiger partial charge in [0.05, 0.1) is 6.61 Å². The molecule has 2 fully saturated rings. The van der Waals surface area contributed by atoms with Crippen molar-refractivity contribution in [2.75, 3.05) is 26.2 Å². The molecule has 0 radical (unpaired) electrons. The zero-order valence-corrected chi connectivity index (χ0v) is 19.8. The highest BCUT2D eigenvalue weighted by Gasteiger charge is 2.45. The predicted molar refractivity (Wildman–Crippen MR) is 124 cm³/mol. The number of hydrogen-bond acceptors (Lipinski definition) is 6. The maximum atomic E-state index is 12.7. The Bertz CT molecular complexity index is 846. The van der Waals surface area contributed by atoms with Crippen LogP contribution in [0, 0.1) is 11.8 Å². The van der Waals surface area contributed by atoms with Gasteiger partial charge in [0.1, 0.15) is 6.61 Å². The lowest BCUT2D eigenvalue weighted by atomic mass is 9.80. The highest BCUT2D eigenvalue weighted by atomic mass is 16.5. The molecule has 0 saturated carbocycles. The van der Waals surface area contributed by atoms with Gasteiger partial charge in [0, 0.05) is 44.4 Å². The lowest BCUT2D eigenvalue weighted by Crippen LogP contribution is -2.58. The van der Waals surface area contributed by atoms with Gasteiger partial charge in [-0.1, -0.05) is 30.3 Å². The minimum Gasteiger partial charge on any atom is -0.466 e. The van der Waals surface area contributed by atoms with Crippen molar-refractivity contribution in [2.45, 2.75) is 58.1 Å². The maximum Gasteiger partial charge on any atom is 0.407 e. The third kappa shape index (κ3) is 7.46. The molecule has 3 amide bonds. The number of alkyl carbamates (subject to hydrolysis) is 1. The van der Waals surface area contributed by atoms with Crippen LogP contribution in [0.3, 0.4) is 0 Å². The highest BCUT2D eigenvalue weighted by molar-refractivity contribution is 5.82. The lowest BCUT2D eigenvalue weighted by Gasteiger charge is -2.48. The molecule has 186 valence electrons. The molecule has 3 rings (SSSR count). The van der Waals surface area contributed by atoms with Crippen molar-refractivity contribution in [1.29, 1.82) is 0 Å². The molecule has 2 heterocycles. The standard InChI is InChI=1S/C25H35N3O6/c1-2-33-23(30)12-10-20-16-28-21(20)15-19(9-11-22(28)29)24(31)26-13-6-14-27-25(32)34-17-18-7-4-3-5-8-18/h3-5,7-8,19-21H,2,6,9-17H2,1H3,(H,26,31)(H,27,32)/t19?,20?,21-/m1/s1. The summed E-state index contributed by atoms with van der Waals surface area (Å²) in [5.41, 5.74) is 0.917. The Labute approximate surface area is 200 Å². The molecule has 2 aliphatic rings. The quantitative estimate of drug-likeness (QED) is 0.377. The highest BCUT2D eigenvalue weighted by Crippen LogP contribution is 2.37. The first-order valence-corrected chi connectivity index (χ1v) is 12.1. The number of esters is 1. The molecule has 9 nitrogen and oxygen atoms in total. The first kappa shape index (κ1) is 25.5. The summed E-state index contributed by atoms with van der Waals surface area (Å²) in [6.45, 7) is 3.84. The van der Waals surface area contributed by atoms with Crippen LogP contribution < -0.4 is 10.6 Å². The van der Waals surface area contributed by atoms with Crippen LogP contribution in [0.25, 0.3) is 0 Å². The van der Waals surface area contributed by atoms with E-state index in [1.54, 1.807) is 6.92 Å². The lowest BCUT2D eigenvalue weighted by molar-refractivity contribution is -0.146. The van der Waals surface area contributed by atoms with Crippen molar-refractivity contribution in [3.05, 3.63) is 35.9 Å². The second-order valence-electron chi connectivity index (χ2n) is 8.82. The van der Waals surface area contributed by atoms with Gasteiger partial charge in [-0.2, -0.15) is 0 Å². The zero-order valence-electron chi connectivity index (χ0n) is 19.8. The first-order chi connectivity index (χ1) is 16.5. The van der Waals surface area contributed by atoms with Crippen LogP contribution in [0.4, 0.5) is 4.79 Å². The fourth-order valence-corrected chi connectivity index (χ4v) is 4.55. The van der Waals surface area contributed by atoms with E-state index in [2.05, 4.69) is 10.6 Å². The molecule has 3 atom stereocenters. The van der Waals surface area contributed by atoms with Gasteiger partial charge in [0.2, 0.25) is 11.8 Å². The summed E-state index contributed by atoms with van der Waals surface area (Å²) in [7, 11) is 0. The van der Waals surface area contributed by atoms with Crippen LogP contribution in [-0.2, 0) is 30.5 Å². The summed E-state index contributed by atoms with van der Waals surface area (Å²) >= 11 is 0. The predicted octanol–water partition coefficient (Wildman–Crippen LogP) is 2.39. The van der Waals surface area contributed by atoms with Crippen molar-refractivity contribution < 1.29 is 28.7 Å². The van der Waals surface area contributed by atoms with Crippen molar-refractivity contribution in [1.82, 2.24) is 15.5 Å². The average molecular weight is 474 g/mol. The smallest absolute Gasteiger partial charge is 0.407 e. The van der Waals surface area contributed by atoms with Gasteiger partial charge in [-0.15, -0.1) is 0 Å². The Kier molecular flexibility index (Phi) is 9.73. The van der Waals surface area contributed by atoms with E-state index in [1.807, 2.05) is 35.2 Å². The molecule has 0 aromatic heterocycles. The van der Waals surface area contributed by atoms with Gasteiger partial charge >= 0.3 is 12.1 Å². The van der Waals surface area contributed by atoms with E-state index in [-0.39, 0.29) is 42.3 Å². The molecule has 0 bridgehead atoms. The Balaban J connectivity index is 1.33. The largest absolute Gasteiger partial charge is 0.466 e. The molecular formula is C25H35N3O6. The van der Waals surface area contributed by atoms with Crippen LogP contribution >= 0.6 is 0 Å². The number of nitrogens with one attached hydrogen (secondary N) is 2. The molecule has 0 aliphatic carbocycles. The van der Waals surface area contributed by atoms with Crippen molar-refractivity contribution >= 4 is 23.9 Å². The maximum absolute atomic E-state index is 12.7. The van der Waals surface area contributed by atoms with Gasteiger partial charge < -0.3 is 25.0 Å². The number of benzene rings is 1. The fourth-order valence-electron chi connectivity index (χ4n) is 4.55. The van der Waals surface area contributed by atoms with E-state index in [1.165, 1.54) is 0 Å². The van der Waals surface area contributed by atoms with Gasteiger partial charge in [0.15, 0.2) is 0 Å². The number of amides is 3. The van der Waals surface area contributed by atoms with E-state index >= 15 is 0 Å². The summed E-state index contributed by atoms with van der Waals surface area (Å²) in [6.07, 6.45) is 2.63. The molecule has 0 spiro atoms. The van der Waals surface area contributed by atoms with Crippen LogP contribution in [0.5, 0.6) is 0 Å². The molecule has 1 aromatic carbocycles. The molecule has 1 aromatic rings. The number of hydrogen-bond donors (Lipinski definition) is 2. The Morgan fingerprint density at radius 2 is 1.85 bits per heavy atom. The third-order valence-corrected chi connectivity index (χ3v) is 6.46. The Hall–Kier alpha value is -3.10. The van der Waals surface area contributed by atoms with Gasteiger partial charge in [-0.05, 0) is 44.1 Å². The summed E-state index contributed by atoms with van der Waals surface area (Å²) < 4.78 is 10.2. The van der Waals surface area contributed by atoms with Crippen LogP contribution in [-0.4, -0.2) is 61.1 Å². The first-order valence-electron chi connectivity index (χ1n) is 12.1. The number of fused-ring (bicyclic) bond motifs is 1. The van der Waals surface area contributed by atoms with E-state index in [0.29, 0.717) is 64.8 Å². The van der Waals surface area contributed by atoms with E-state index in [0.717, 1.165) is 5.56 Å². The molecule has 9 heteroatoms. The number of rotatable bonds is 11. The Morgan fingerprint density at radius 3 is 2.62 bits per heavy atom. The fraction of sp³-hybridized carbons (Fsp3) is 0.600. The molecule has 2 aliphatic heterocycles. The minimum absolute atomic E-state index is 0.0150. The third-order valence-electron chi connectivity index (χ3n) is 6.46. The van der Waals surface area contributed by atoms with E-state index < -0.39 is 6.09 Å². The average Bonchev–Trinajstić information content (AvgIpc) is 2.94. The number of carbonyl (C=O) groups excluding carboxylic acids is 4. The van der Waals surface area contributed by atoms with Gasteiger partial charge in [-0.3, -0.25) is 14.4 Å². The molecule has 34 heavy (non-hydrogen) atoms. The normalized spacial score (nSPS) is 21.5. The second-order valence-corrected chi connectivity index (χ2v) is 8.82. The second kappa shape index (κ2) is 13.0. The van der Waals surface area contributed by atoms with Crippen LogP contribution in [0.1, 0.15) is 51.0 Å². The summed E-state index contributed by atoms with van der Waals surface area (Å²) in [6, 6.07) is 9.45. The van der Waals surface area contributed by atoms with E-state index in [9.17, 15) is 19.2 Å². The van der Waals surface area contributed by atoms with Gasteiger partial charge in [-0.25, -0.2) is 4.79 Å². The molecular weight excluding hydrogens is 438 g/mol. The molecule has 2 saturated heterocycles. The molecule has 2 N–H and O–H groups in total. The van der Waals surface area contributed by atoms with Gasteiger partial charge in [0.25, 0.3) is 0 Å². The SMILES string of the molecule is CCOC(=O)CCC1CN2C(=O)CCC(C(=O)NCCCNC(=O)OCc3ccccc3)C[C@H]12. The van der Waals surface area contributed by atoms with Crippen molar-refractivity contribution in [2.24, 2.45) is 11.8 Å². The Morgan fingerprint density at radius 1 is 1.09 bits per heavy atom. The monoisotopic (exact) mass is 473 g/mol. The number of nitrogens with zero attached hydrogens (tertiary/aromatic N) is 1. The molecule has 2 unspecified atom stereocenters. The minimum atomic E-state index is -0.489. The number of carbonyl (C=O) groups is 4. The summed E-state index contributed by atoms with van der Waals surface area (Å²) in [4.78, 5) is 50.4. The number of ether oxygens (including phenoxy) is 2.